The summed E-state index contributed by atoms with van der Waals surface area (Å²) in [7, 11) is -2.41. The van der Waals surface area contributed by atoms with Gasteiger partial charge in [0, 0.05) is 5.34 Å². The Kier molecular flexibility index (Phi) is 7.34. The molecule has 8 heteroatoms. The fourth-order valence-corrected chi connectivity index (χ4v) is 3.31. The van der Waals surface area contributed by atoms with Crippen molar-refractivity contribution >= 4 is 10.0 Å². The quantitative estimate of drug-likeness (QED) is 0.512. The third kappa shape index (κ3) is 6.38. The zero-order valence-electron chi connectivity index (χ0n) is 15.9. The number of nitrogens with zero attached hydrogens (tertiary/aromatic N) is 1. The number of hydrogen-bond donors (Lipinski definition) is 1. The number of methoxy groups -OCH3 is 1. The summed E-state index contributed by atoms with van der Waals surface area (Å²) >= 11 is 0. The van der Waals surface area contributed by atoms with Crippen LogP contribution < -0.4 is 9.57 Å². The molecule has 3 aromatic carbocycles. The summed E-state index contributed by atoms with van der Waals surface area (Å²) < 4.78 is 30.5. The van der Waals surface area contributed by atoms with Crippen molar-refractivity contribution in [2.45, 2.75) is 18.1 Å². The van der Waals surface area contributed by atoms with Gasteiger partial charge in [0.25, 0.3) is 10.0 Å². The highest BCUT2D eigenvalue weighted by Gasteiger charge is 2.20. The third-order valence-corrected chi connectivity index (χ3v) is 5.23. The first-order valence-electron chi connectivity index (χ1n) is 8.87. The molecule has 1 N–H and O–H groups in total. The maximum atomic E-state index is 12.7. The molecule has 0 bridgehead atoms. The van der Waals surface area contributed by atoms with Gasteiger partial charge in [-0.05, 0) is 35.4 Å². The largest absolute Gasteiger partial charge is 0.497 e. The Morgan fingerprint density at radius 3 is 1.69 bits per heavy atom. The van der Waals surface area contributed by atoms with Gasteiger partial charge in [-0.2, -0.15) is 0 Å². The predicted molar refractivity (Wildman–Crippen MR) is 108 cm³/mol. The molecule has 0 unspecified atom stereocenters. The van der Waals surface area contributed by atoms with Gasteiger partial charge >= 0.3 is 0 Å². The first kappa shape index (κ1) is 21.0. The standard InChI is InChI=1S/C21H22N2O5S/c1-26-20-12-14-21(15-13-20)29(24,25)22-23(27-16-18-8-4-2-5-9-18)28-17-19-10-6-3-7-11-19/h2-15,22H,16-17H2,1H3. The van der Waals surface area contributed by atoms with Crippen molar-refractivity contribution in [3.05, 3.63) is 96.1 Å². The van der Waals surface area contributed by atoms with Crippen LogP contribution in [-0.4, -0.2) is 20.9 Å². The Balaban J connectivity index is 1.71. The SMILES string of the molecule is COc1ccc(S(=O)(=O)NN(OCc2ccccc2)OCc2ccccc2)cc1. The third-order valence-electron chi connectivity index (χ3n) is 3.95. The molecule has 0 amide bonds. The highest BCUT2D eigenvalue weighted by molar-refractivity contribution is 7.89. The average molecular weight is 414 g/mol. The summed E-state index contributed by atoms with van der Waals surface area (Å²) in [5.41, 5.74) is 1.73. The van der Waals surface area contributed by atoms with Crippen LogP contribution in [0.3, 0.4) is 0 Å². The molecule has 0 heterocycles. The molecular weight excluding hydrogens is 392 g/mol. The van der Waals surface area contributed by atoms with Crippen LogP contribution in [0, 0.1) is 0 Å². The van der Waals surface area contributed by atoms with Crippen LogP contribution in [0.15, 0.2) is 89.8 Å². The molecule has 0 radical (unpaired) electrons. The molecule has 0 aromatic heterocycles. The van der Waals surface area contributed by atoms with E-state index in [4.69, 9.17) is 14.4 Å². The minimum atomic E-state index is -3.92. The summed E-state index contributed by atoms with van der Waals surface area (Å²) in [5.74, 6) is 0.557. The predicted octanol–water partition coefficient (Wildman–Crippen LogP) is 3.45. The molecular formula is C21H22N2O5S. The van der Waals surface area contributed by atoms with Crippen molar-refractivity contribution in [2.24, 2.45) is 0 Å². The first-order chi connectivity index (χ1) is 14.1. The minimum absolute atomic E-state index is 0.0509. The topological polar surface area (TPSA) is 77.1 Å². The molecule has 3 aromatic rings. The van der Waals surface area contributed by atoms with Crippen LogP contribution in [0.2, 0.25) is 0 Å². The van der Waals surface area contributed by atoms with E-state index in [2.05, 4.69) is 4.83 Å². The van der Waals surface area contributed by atoms with Crippen LogP contribution in [0.4, 0.5) is 0 Å². The maximum absolute atomic E-state index is 12.7. The molecule has 7 nitrogen and oxygen atoms in total. The molecule has 152 valence electrons. The highest BCUT2D eigenvalue weighted by Crippen LogP contribution is 2.16. The van der Waals surface area contributed by atoms with Gasteiger partial charge in [0.15, 0.2) is 0 Å². The number of hydrazine groups is 1. The van der Waals surface area contributed by atoms with Gasteiger partial charge in [0.2, 0.25) is 0 Å². The van der Waals surface area contributed by atoms with Crippen LogP contribution in [-0.2, 0) is 32.9 Å². The zero-order valence-corrected chi connectivity index (χ0v) is 16.7. The van der Waals surface area contributed by atoms with Crippen molar-refractivity contribution in [1.82, 2.24) is 10.2 Å². The lowest BCUT2D eigenvalue weighted by Gasteiger charge is -2.21. The van der Waals surface area contributed by atoms with Crippen molar-refractivity contribution in [3.8, 4) is 5.75 Å². The molecule has 0 saturated heterocycles. The van der Waals surface area contributed by atoms with Gasteiger partial charge in [-0.15, -0.1) is 0 Å². The number of hydrogen-bond acceptors (Lipinski definition) is 6. The molecule has 0 spiro atoms. The van der Waals surface area contributed by atoms with Crippen LogP contribution in [0.25, 0.3) is 0 Å². The van der Waals surface area contributed by atoms with E-state index in [9.17, 15) is 8.42 Å². The van der Waals surface area contributed by atoms with Crippen LogP contribution in [0.5, 0.6) is 5.75 Å². The second-order valence-corrected chi connectivity index (χ2v) is 7.71. The summed E-state index contributed by atoms with van der Waals surface area (Å²) in [4.78, 5) is 13.5. The summed E-state index contributed by atoms with van der Waals surface area (Å²) in [6, 6.07) is 24.7. The van der Waals surface area contributed by atoms with Crippen LogP contribution >= 0.6 is 0 Å². The Morgan fingerprint density at radius 2 is 1.24 bits per heavy atom. The van der Waals surface area contributed by atoms with Gasteiger partial charge in [-0.3, -0.25) is 9.68 Å². The highest BCUT2D eigenvalue weighted by atomic mass is 32.2. The van der Waals surface area contributed by atoms with Gasteiger partial charge in [-0.1, -0.05) is 65.5 Å². The lowest BCUT2D eigenvalue weighted by atomic mass is 10.2. The number of rotatable bonds is 10. The van der Waals surface area contributed by atoms with E-state index >= 15 is 0 Å². The molecule has 3 rings (SSSR count). The average Bonchev–Trinajstić information content (AvgIpc) is 2.77. The number of nitrogens with one attached hydrogen (secondary N) is 1. The summed E-state index contributed by atoms with van der Waals surface area (Å²) in [6.07, 6.45) is 0. The monoisotopic (exact) mass is 414 g/mol. The lowest BCUT2D eigenvalue weighted by molar-refractivity contribution is -0.396. The van der Waals surface area contributed by atoms with E-state index in [0.717, 1.165) is 16.5 Å². The molecule has 0 saturated carbocycles. The number of ether oxygens (including phenoxy) is 1. The van der Waals surface area contributed by atoms with E-state index in [1.807, 2.05) is 60.7 Å². The molecule has 0 fully saturated rings. The Labute approximate surface area is 170 Å². The van der Waals surface area contributed by atoms with E-state index in [-0.39, 0.29) is 18.1 Å². The van der Waals surface area contributed by atoms with Crippen molar-refractivity contribution in [3.63, 3.8) is 0 Å². The van der Waals surface area contributed by atoms with Gasteiger partial charge in [0.05, 0.1) is 25.2 Å². The first-order valence-corrected chi connectivity index (χ1v) is 10.4. The van der Waals surface area contributed by atoms with E-state index in [1.165, 1.54) is 19.2 Å². The van der Waals surface area contributed by atoms with E-state index in [1.54, 1.807) is 12.1 Å². The van der Waals surface area contributed by atoms with Crippen LogP contribution in [0.1, 0.15) is 11.1 Å². The molecule has 0 atom stereocenters. The number of benzene rings is 3. The second kappa shape index (κ2) is 10.1. The molecule has 0 aliphatic heterocycles. The second-order valence-electron chi connectivity index (χ2n) is 6.05. The molecule has 29 heavy (non-hydrogen) atoms. The smallest absolute Gasteiger partial charge is 0.257 e. The lowest BCUT2D eigenvalue weighted by Crippen LogP contribution is -2.41. The van der Waals surface area contributed by atoms with Crippen molar-refractivity contribution < 1.29 is 22.8 Å². The zero-order chi connectivity index (χ0) is 20.5. The number of sulfonamides is 1. The summed E-state index contributed by atoms with van der Waals surface area (Å²) in [6.45, 7) is 0.252. The van der Waals surface area contributed by atoms with E-state index in [0.29, 0.717) is 5.75 Å². The Bertz CT molecular complexity index is 937. The molecule has 0 aliphatic rings. The van der Waals surface area contributed by atoms with E-state index < -0.39 is 10.0 Å². The Hall–Kier alpha value is -2.75. The van der Waals surface area contributed by atoms with Gasteiger partial charge < -0.3 is 4.74 Å². The Morgan fingerprint density at radius 1 is 0.759 bits per heavy atom. The molecule has 0 aliphatic carbocycles. The van der Waals surface area contributed by atoms with Gasteiger partial charge in [0.1, 0.15) is 5.75 Å². The summed E-state index contributed by atoms with van der Waals surface area (Å²) in [5, 5.41) is 0.777. The fraction of sp³-hybridized carbons (Fsp3) is 0.143. The minimum Gasteiger partial charge on any atom is -0.497 e. The van der Waals surface area contributed by atoms with Crippen molar-refractivity contribution in [1.29, 1.82) is 0 Å². The van der Waals surface area contributed by atoms with Gasteiger partial charge in [-0.25, -0.2) is 8.42 Å². The maximum Gasteiger partial charge on any atom is 0.257 e. The van der Waals surface area contributed by atoms with Crippen molar-refractivity contribution in [2.75, 3.05) is 7.11 Å². The fourth-order valence-electron chi connectivity index (χ4n) is 2.41. The normalized spacial score (nSPS) is 11.5.